The Morgan fingerprint density at radius 3 is 2.18 bits per heavy atom. The highest BCUT2D eigenvalue weighted by atomic mass is 32.2. The molecule has 13 heteroatoms. The van der Waals surface area contributed by atoms with Crippen LogP contribution in [-0.4, -0.2) is 62.6 Å². The van der Waals surface area contributed by atoms with Gasteiger partial charge in [-0.2, -0.15) is 21.6 Å². The van der Waals surface area contributed by atoms with Gasteiger partial charge in [-0.05, 0) is 46.6 Å². The molecule has 192 valence electrons. The van der Waals surface area contributed by atoms with Crippen molar-refractivity contribution < 1.29 is 49.6 Å². The molecule has 0 aromatic heterocycles. The topological polar surface area (TPSA) is 117 Å². The predicted octanol–water partition coefficient (Wildman–Crippen LogP) is 3.58. The molecule has 1 rings (SSSR count). The molecule has 0 aromatic rings. The van der Waals surface area contributed by atoms with Crippen LogP contribution in [0.25, 0.3) is 0 Å². The van der Waals surface area contributed by atoms with Gasteiger partial charge in [0.15, 0.2) is 0 Å². The Kier molecular flexibility index (Phi) is 10.2. The summed E-state index contributed by atoms with van der Waals surface area (Å²) in [6, 6.07) is -1.40. The van der Waals surface area contributed by atoms with Crippen molar-refractivity contribution in [1.82, 2.24) is 5.32 Å². The number of nitrogens with one attached hydrogen (secondary N) is 1. The average Bonchev–Trinajstić information content (AvgIpc) is 2.65. The standard InChI is InChI=1S/C20H32F3NO8S/c1-7-13(8-2)30-15-11-12(17(25)29-9-3)10-14(24-18(26)31-19(4,5)6)16(15)32-33(27,28)20(21,22)23/h11,13-16H,7-10H2,1-6H3,(H,24,26)/t14-,15+,16-/m0/s1. The van der Waals surface area contributed by atoms with Gasteiger partial charge >= 0.3 is 27.7 Å². The average molecular weight is 504 g/mol. The summed E-state index contributed by atoms with van der Waals surface area (Å²) in [5.41, 5.74) is -6.65. The van der Waals surface area contributed by atoms with E-state index in [2.05, 4.69) is 9.50 Å². The van der Waals surface area contributed by atoms with E-state index in [1.807, 2.05) is 0 Å². The lowest BCUT2D eigenvalue weighted by molar-refractivity contribution is -0.139. The van der Waals surface area contributed by atoms with E-state index < -0.39 is 57.6 Å². The van der Waals surface area contributed by atoms with E-state index in [4.69, 9.17) is 14.2 Å². The number of hydrogen-bond donors (Lipinski definition) is 1. The van der Waals surface area contributed by atoms with Crippen molar-refractivity contribution in [2.45, 2.75) is 96.3 Å². The first-order chi connectivity index (χ1) is 15.0. The normalized spacial score (nSPS) is 22.0. The zero-order chi connectivity index (χ0) is 25.6. The molecule has 0 heterocycles. The molecule has 0 bridgehead atoms. The number of carbonyl (C=O) groups is 2. The minimum absolute atomic E-state index is 0.00174. The van der Waals surface area contributed by atoms with Crippen LogP contribution < -0.4 is 5.32 Å². The van der Waals surface area contributed by atoms with Crippen LogP contribution in [0.5, 0.6) is 0 Å². The number of rotatable bonds is 9. The van der Waals surface area contributed by atoms with E-state index in [0.29, 0.717) is 12.8 Å². The summed E-state index contributed by atoms with van der Waals surface area (Å²) in [4.78, 5) is 24.7. The van der Waals surface area contributed by atoms with Crippen LogP contribution in [0.1, 0.15) is 60.8 Å². The van der Waals surface area contributed by atoms with Gasteiger partial charge in [0.05, 0.1) is 18.8 Å². The fraction of sp³-hybridized carbons (Fsp3) is 0.800. The molecule has 1 aliphatic carbocycles. The Hall–Kier alpha value is -1.86. The first kappa shape index (κ1) is 29.2. The van der Waals surface area contributed by atoms with Crippen LogP contribution in [-0.2, 0) is 33.3 Å². The van der Waals surface area contributed by atoms with E-state index >= 15 is 0 Å². The molecule has 1 aliphatic rings. The maximum absolute atomic E-state index is 13.1. The maximum Gasteiger partial charge on any atom is 0.523 e. The smallest absolute Gasteiger partial charge is 0.463 e. The van der Waals surface area contributed by atoms with Gasteiger partial charge in [-0.3, -0.25) is 4.18 Å². The summed E-state index contributed by atoms with van der Waals surface area (Å²) in [7, 11) is -6.05. The summed E-state index contributed by atoms with van der Waals surface area (Å²) in [5, 5.41) is 2.32. The number of alkyl halides is 3. The molecule has 0 fully saturated rings. The van der Waals surface area contributed by atoms with Crippen LogP contribution in [0.3, 0.4) is 0 Å². The number of ether oxygens (including phenoxy) is 3. The zero-order valence-electron chi connectivity index (χ0n) is 19.5. The first-order valence-electron chi connectivity index (χ1n) is 10.6. The Morgan fingerprint density at radius 2 is 1.73 bits per heavy atom. The van der Waals surface area contributed by atoms with Crippen LogP contribution in [0.4, 0.5) is 18.0 Å². The fourth-order valence-corrected chi connectivity index (χ4v) is 3.70. The van der Waals surface area contributed by atoms with Crippen LogP contribution in [0, 0.1) is 0 Å². The zero-order valence-corrected chi connectivity index (χ0v) is 20.3. The van der Waals surface area contributed by atoms with Crippen molar-refractivity contribution in [2.75, 3.05) is 6.61 Å². The number of halogens is 3. The van der Waals surface area contributed by atoms with Crippen molar-refractivity contribution >= 4 is 22.2 Å². The molecular formula is C20H32F3NO8S. The maximum atomic E-state index is 13.1. The second-order valence-corrected chi connectivity index (χ2v) is 9.93. The van der Waals surface area contributed by atoms with E-state index in [0.717, 1.165) is 0 Å². The molecule has 0 unspecified atom stereocenters. The summed E-state index contributed by atoms with van der Waals surface area (Å²) in [6.45, 7) is 9.84. The molecule has 0 spiro atoms. The van der Waals surface area contributed by atoms with Crippen LogP contribution in [0.15, 0.2) is 11.6 Å². The Balaban J connectivity index is 3.45. The highest BCUT2D eigenvalue weighted by Gasteiger charge is 2.52. The monoisotopic (exact) mass is 503 g/mol. The van der Waals surface area contributed by atoms with Gasteiger partial charge in [0.2, 0.25) is 0 Å². The van der Waals surface area contributed by atoms with Crippen molar-refractivity contribution in [3.05, 3.63) is 11.6 Å². The van der Waals surface area contributed by atoms with Gasteiger partial charge in [-0.15, -0.1) is 0 Å². The highest BCUT2D eigenvalue weighted by Crippen LogP contribution is 2.33. The second-order valence-electron chi connectivity index (χ2n) is 8.37. The summed E-state index contributed by atoms with van der Waals surface area (Å²) >= 11 is 0. The minimum atomic E-state index is -6.05. The lowest BCUT2D eigenvalue weighted by Crippen LogP contribution is -2.55. The number of hydrogen-bond acceptors (Lipinski definition) is 8. The second kappa shape index (κ2) is 11.5. The number of amides is 1. The SMILES string of the molecule is CCOC(=O)C1=C[C@@H](OC(CC)CC)[C@@H](OS(=O)(=O)C(F)(F)F)[C@@H](NC(=O)OC(C)(C)C)C1. The van der Waals surface area contributed by atoms with Crippen LogP contribution >= 0.6 is 0 Å². The number of alkyl carbamates (subject to hydrolysis) is 1. The molecule has 0 saturated carbocycles. The molecule has 9 nitrogen and oxygen atoms in total. The van der Waals surface area contributed by atoms with Crippen molar-refractivity contribution in [3.63, 3.8) is 0 Å². The largest absolute Gasteiger partial charge is 0.523 e. The van der Waals surface area contributed by atoms with Gasteiger partial charge in [0.25, 0.3) is 0 Å². The minimum Gasteiger partial charge on any atom is -0.463 e. The van der Waals surface area contributed by atoms with Crippen molar-refractivity contribution in [1.29, 1.82) is 0 Å². The third-order valence-electron chi connectivity index (χ3n) is 4.55. The molecule has 3 atom stereocenters. The fourth-order valence-electron chi connectivity index (χ4n) is 3.05. The van der Waals surface area contributed by atoms with E-state index in [9.17, 15) is 31.2 Å². The van der Waals surface area contributed by atoms with Gasteiger partial charge < -0.3 is 19.5 Å². The van der Waals surface area contributed by atoms with Crippen molar-refractivity contribution in [3.8, 4) is 0 Å². The first-order valence-corrected chi connectivity index (χ1v) is 12.0. The molecule has 33 heavy (non-hydrogen) atoms. The Bertz CT molecular complexity index is 816. The highest BCUT2D eigenvalue weighted by molar-refractivity contribution is 7.87. The lowest BCUT2D eigenvalue weighted by Gasteiger charge is -2.37. The molecule has 0 aliphatic heterocycles. The molecule has 0 saturated heterocycles. The molecule has 0 aromatic carbocycles. The predicted molar refractivity (Wildman–Crippen MR) is 112 cm³/mol. The number of carbonyl (C=O) groups excluding carboxylic acids is 2. The van der Waals surface area contributed by atoms with E-state index in [1.165, 1.54) is 6.08 Å². The van der Waals surface area contributed by atoms with Gasteiger partial charge in [0.1, 0.15) is 17.8 Å². The van der Waals surface area contributed by atoms with E-state index in [-0.39, 0.29) is 18.6 Å². The Labute approximate surface area is 192 Å². The van der Waals surface area contributed by atoms with E-state index in [1.54, 1.807) is 41.5 Å². The molecular weight excluding hydrogens is 471 g/mol. The Morgan fingerprint density at radius 1 is 1.15 bits per heavy atom. The lowest BCUT2D eigenvalue weighted by atomic mass is 9.89. The molecule has 1 N–H and O–H groups in total. The third kappa shape index (κ3) is 8.78. The van der Waals surface area contributed by atoms with Crippen molar-refractivity contribution in [2.24, 2.45) is 0 Å². The molecule has 1 amide bonds. The third-order valence-corrected chi connectivity index (χ3v) is 5.59. The van der Waals surface area contributed by atoms with Crippen LogP contribution in [0.2, 0.25) is 0 Å². The summed E-state index contributed by atoms with van der Waals surface area (Å²) < 4.78 is 83.3. The summed E-state index contributed by atoms with van der Waals surface area (Å²) in [6.07, 6.45) is -3.00. The molecule has 0 radical (unpaired) electrons. The quantitative estimate of drug-likeness (QED) is 0.288. The number of esters is 1. The van der Waals surface area contributed by atoms with Gasteiger partial charge in [-0.1, -0.05) is 13.8 Å². The summed E-state index contributed by atoms with van der Waals surface area (Å²) in [5.74, 6) is -0.774. The van der Waals surface area contributed by atoms with Gasteiger partial charge in [-0.25, -0.2) is 9.59 Å². The van der Waals surface area contributed by atoms with Gasteiger partial charge in [0, 0.05) is 12.0 Å².